The van der Waals surface area contributed by atoms with Crippen molar-refractivity contribution in [3.05, 3.63) is 0 Å². The molecule has 1 aliphatic heterocycles. The molecular weight excluding hydrogens is 576 g/mol. The predicted molar refractivity (Wildman–Crippen MR) is 176 cm³/mol. The van der Waals surface area contributed by atoms with Crippen molar-refractivity contribution in [3.8, 4) is 0 Å². The molecule has 5 fully saturated rings. The second kappa shape index (κ2) is 12.8. The first-order chi connectivity index (χ1) is 18.4. The molecule has 0 spiro atoms. The molecule has 0 radical (unpaired) electrons. The summed E-state index contributed by atoms with van der Waals surface area (Å²) in [5.41, 5.74) is -7.94. The lowest BCUT2D eigenvalue weighted by molar-refractivity contribution is -0.254. The highest BCUT2D eigenvalue weighted by molar-refractivity contribution is 5.87. The molecule has 1 N–H and O–H groups in total. The van der Waals surface area contributed by atoms with E-state index < -0.39 is 62.2 Å². The molecule has 45 heavy (non-hydrogen) atoms. The molecule has 264 valence electrons. The van der Waals surface area contributed by atoms with E-state index in [4.69, 9.17) is 18.9 Å². The first-order valence-corrected chi connectivity index (χ1v) is 15.1. The van der Waals surface area contributed by atoms with E-state index >= 15 is 0 Å². The Morgan fingerprint density at radius 3 is 1.89 bits per heavy atom. The first-order valence-electron chi connectivity index (χ1n) is 15.1. The minimum absolute atomic E-state index is 0. The summed E-state index contributed by atoms with van der Waals surface area (Å²) in [6, 6.07) is 0. The van der Waals surface area contributed by atoms with Crippen LogP contribution in [0.4, 0.5) is 0 Å². The fraction of sp³-hybridized carbons (Fsp3) is 0.889. The van der Waals surface area contributed by atoms with Crippen molar-refractivity contribution in [2.24, 2.45) is 22.2 Å². The van der Waals surface area contributed by atoms with Gasteiger partial charge >= 0.3 is 23.9 Å². The number of hydrogen-bond acceptors (Lipinski definition) is 9. The highest BCUT2D eigenvalue weighted by Gasteiger charge is 2.68. The third kappa shape index (κ3) is 8.23. The van der Waals surface area contributed by atoms with Gasteiger partial charge in [-0.1, -0.05) is 36.6 Å². The van der Waals surface area contributed by atoms with Crippen LogP contribution < -0.4 is 0 Å². The van der Waals surface area contributed by atoms with Crippen LogP contribution in [0.25, 0.3) is 0 Å². The van der Waals surface area contributed by atoms with E-state index in [9.17, 15) is 24.3 Å². The maximum Gasteiger partial charge on any atom is 0.351 e. The maximum absolute atomic E-state index is 14.0. The molecule has 0 aromatic rings. The first kappa shape index (κ1) is 42.8. The molecule has 0 aromatic carbocycles. The average molecular weight is 643 g/mol. The molecule has 9 heteroatoms. The number of cyclic esters (lactones) is 1. The van der Waals surface area contributed by atoms with E-state index in [1.54, 1.807) is 41.5 Å². The van der Waals surface area contributed by atoms with Gasteiger partial charge < -0.3 is 24.1 Å². The molecule has 0 amide bonds. The van der Waals surface area contributed by atoms with Crippen molar-refractivity contribution in [2.45, 2.75) is 185 Å². The quantitative estimate of drug-likeness (QED) is 0.209. The monoisotopic (exact) mass is 642 g/mol. The van der Waals surface area contributed by atoms with E-state index in [-0.39, 0.29) is 60.9 Å². The van der Waals surface area contributed by atoms with Crippen LogP contribution in [-0.2, 0) is 38.1 Å². The second-order valence-corrected chi connectivity index (χ2v) is 16.5. The zero-order valence-corrected chi connectivity index (χ0v) is 26.7. The van der Waals surface area contributed by atoms with Crippen LogP contribution in [0.3, 0.4) is 0 Å². The van der Waals surface area contributed by atoms with E-state index in [2.05, 4.69) is 0 Å². The normalized spacial score (nSPS) is 33.9. The van der Waals surface area contributed by atoms with Gasteiger partial charge in [0, 0.05) is 19.3 Å². The summed E-state index contributed by atoms with van der Waals surface area (Å²) in [6.07, 6.45) is 3.47. The standard InChI is InChI=1S/C32H50O9.4CH4/c1-11-28(9,15-26(5,6)21(33)40-29(10)16-27(7,8)39-23(29)35)22(34)41-32-14-20-12-30(18-32,17-31(37,13-20)19-32)24(36)38-25(2,3)4;;;;/h20,37H,11-19H2,1-10H3;4*1H4. The molecule has 5 rings (SSSR count). The Kier molecular flexibility index (Phi) is 12.2. The fourth-order valence-electron chi connectivity index (χ4n) is 8.44. The SMILES string of the molecule is C.C.C.C.CCC(C)(CC(C)(C)C(=O)OC1(C)CC(C)(C)OC1=O)C(=O)OC12CC3CC(O)(C1)CC(C(=O)OC(C)(C)C)(C3)C2. The molecule has 4 bridgehead atoms. The smallest absolute Gasteiger partial charge is 0.351 e. The summed E-state index contributed by atoms with van der Waals surface area (Å²) in [4.78, 5) is 53.4. The Labute approximate surface area is 273 Å². The number of aliphatic hydroxyl groups is 1. The topological polar surface area (TPSA) is 125 Å². The van der Waals surface area contributed by atoms with Gasteiger partial charge in [0.25, 0.3) is 0 Å². The van der Waals surface area contributed by atoms with Crippen molar-refractivity contribution in [2.75, 3.05) is 0 Å². The maximum atomic E-state index is 14.0. The summed E-state index contributed by atoms with van der Waals surface area (Å²) in [5.74, 6) is -1.92. The third-order valence-electron chi connectivity index (χ3n) is 9.67. The zero-order valence-electron chi connectivity index (χ0n) is 26.7. The Morgan fingerprint density at radius 2 is 1.42 bits per heavy atom. The van der Waals surface area contributed by atoms with Crippen LogP contribution in [0, 0.1) is 22.2 Å². The number of carbonyl (C=O) groups excluding carboxylic acids is 4. The molecule has 6 atom stereocenters. The fourth-order valence-corrected chi connectivity index (χ4v) is 8.44. The molecule has 1 saturated heterocycles. The van der Waals surface area contributed by atoms with Crippen molar-refractivity contribution in [1.82, 2.24) is 0 Å². The van der Waals surface area contributed by atoms with Crippen molar-refractivity contribution < 1.29 is 43.2 Å². The van der Waals surface area contributed by atoms with Gasteiger partial charge in [-0.2, -0.15) is 0 Å². The second-order valence-electron chi connectivity index (χ2n) is 16.5. The lowest BCUT2D eigenvalue weighted by Crippen LogP contribution is -2.67. The van der Waals surface area contributed by atoms with Crippen molar-refractivity contribution in [1.29, 1.82) is 0 Å². The highest BCUT2D eigenvalue weighted by Crippen LogP contribution is 2.65. The van der Waals surface area contributed by atoms with Crippen LogP contribution in [0.15, 0.2) is 0 Å². The Morgan fingerprint density at radius 1 is 0.844 bits per heavy atom. The molecular formula is C36H66O9. The minimum Gasteiger partial charge on any atom is -0.460 e. The minimum atomic E-state index is -1.40. The van der Waals surface area contributed by atoms with Gasteiger partial charge in [-0.25, -0.2) is 4.79 Å². The number of carbonyl (C=O) groups is 4. The van der Waals surface area contributed by atoms with Crippen molar-refractivity contribution >= 4 is 23.9 Å². The zero-order chi connectivity index (χ0) is 31.1. The van der Waals surface area contributed by atoms with Gasteiger partial charge in [-0.15, -0.1) is 0 Å². The largest absolute Gasteiger partial charge is 0.460 e. The number of esters is 4. The van der Waals surface area contributed by atoms with Crippen LogP contribution >= 0.6 is 0 Å². The van der Waals surface area contributed by atoms with Gasteiger partial charge in [0.05, 0.1) is 21.8 Å². The summed E-state index contributed by atoms with van der Waals surface area (Å²) < 4.78 is 23.3. The molecule has 1 heterocycles. The lowest BCUT2D eigenvalue weighted by Gasteiger charge is -2.63. The summed E-state index contributed by atoms with van der Waals surface area (Å²) in [7, 11) is 0. The third-order valence-corrected chi connectivity index (χ3v) is 9.67. The molecule has 4 saturated carbocycles. The van der Waals surface area contributed by atoms with Gasteiger partial charge in [0.15, 0.2) is 0 Å². The van der Waals surface area contributed by atoms with E-state index in [0.717, 1.165) is 0 Å². The number of rotatable bonds is 8. The van der Waals surface area contributed by atoms with E-state index in [1.807, 2.05) is 27.7 Å². The van der Waals surface area contributed by atoms with Gasteiger partial charge in [0.2, 0.25) is 5.60 Å². The predicted octanol–water partition coefficient (Wildman–Crippen LogP) is 7.73. The van der Waals surface area contributed by atoms with Gasteiger partial charge in [0.1, 0.15) is 16.8 Å². The van der Waals surface area contributed by atoms with Crippen LogP contribution in [0.1, 0.15) is 157 Å². The summed E-state index contributed by atoms with van der Waals surface area (Å²) in [5, 5.41) is 11.5. The van der Waals surface area contributed by atoms with Crippen LogP contribution in [0.5, 0.6) is 0 Å². The van der Waals surface area contributed by atoms with Gasteiger partial charge in [-0.05, 0) is 107 Å². The van der Waals surface area contributed by atoms with E-state index in [1.165, 1.54) is 0 Å². The Balaban J connectivity index is 0.00000484. The lowest BCUT2D eigenvalue weighted by atomic mass is 9.46. The number of ether oxygens (including phenoxy) is 4. The van der Waals surface area contributed by atoms with Crippen molar-refractivity contribution in [3.63, 3.8) is 0 Å². The van der Waals surface area contributed by atoms with Gasteiger partial charge in [-0.3, -0.25) is 14.4 Å². The Bertz CT molecular complexity index is 1140. The average Bonchev–Trinajstić information content (AvgIpc) is 2.95. The van der Waals surface area contributed by atoms with Crippen LogP contribution in [-0.4, -0.2) is 57.0 Å². The molecule has 6 unspecified atom stereocenters. The molecule has 5 aliphatic rings. The molecule has 4 aliphatic carbocycles. The molecule has 9 nitrogen and oxygen atoms in total. The summed E-state index contributed by atoms with van der Waals surface area (Å²) >= 11 is 0. The number of hydrogen-bond donors (Lipinski definition) is 1. The Hall–Kier alpha value is -2.16. The highest BCUT2D eigenvalue weighted by atomic mass is 16.6. The molecule has 0 aromatic heterocycles. The summed E-state index contributed by atoms with van der Waals surface area (Å²) in [6.45, 7) is 17.6. The van der Waals surface area contributed by atoms with Crippen LogP contribution in [0.2, 0.25) is 0 Å². The van der Waals surface area contributed by atoms with E-state index in [0.29, 0.717) is 38.5 Å².